The fraction of sp³-hybridized carbons (Fsp3) is 0.545. The minimum atomic E-state index is -3.14. The molecular formula is C11H14ClNO4S. The Morgan fingerprint density at radius 2 is 2.28 bits per heavy atom. The molecule has 1 aromatic rings. The van der Waals surface area contributed by atoms with Crippen molar-refractivity contribution >= 4 is 27.3 Å². The third-order valence-corrected chi connectivity index (χ3v) is 4.81. The Morgan fingerprint density at radius 3 is 2.83 bits per heavy atom. The van der Waals surface area contributed by atoms with Gasteiger partial charge in [-0.15, -0.1) is 11.6 Å². The van der Waals surface area contributed by atoms with Crippen LogP contribution in [0.15, 0.2) is 16.5 Å². The van der Waals surface area contributed by atoms with Crippen LogP contribution in [0.4, 0.5) is 0 Å². The largest absolute Gasteiger partial charge is 0.464 e. The highest BCUT2D eigenvalue weighted by Crippen LogP contribution is 2.28. The van der Waals surface area contributed by atoms with Gasteiger partial charge in [0, 0.05) is 6.54 Å². The number of amides is 1. The molecule has 1 aromatic heterocycles. The second-order valence-corrected chi connectivity index (χ2v) is 6.80. The van der Waals surface area contributed by atoms with Crippen LogP contribution in [0.1, 0.15) is 17.6 Å². The highest BCUT2D eigenvalue weighted by molar-refractivity contribution is 7.91. The van der Waals surface area contributed by atoms with Gasteiger partial charge >= 0.3 is 0 Å². The molecule has 0 saturated carbocycles. The van der Waals surface area contributed by atoms with Gasteiger partial charge in [0.15, 0.2) is 9.84 Å². The Morgan fingerprint density at radius 1 is 1.56 bits per heavy atom. The summed E-state index contributed by atoms with van der Waals surface area (Å²) in [6.07, 6.45) is 0. The average Bonchev–Trinajstić information content (AvgIpc) is 2.74. The van der Waals surface area contributed by atoms with E-state index in [1.54, 1.807) is 19.1 Å². The van der Waals surface area contributed by atoms with Gasteiger partial charge in [0.25, 0.3) is 0 Å². The smallest absolute Gasteiger partial charge is 0.238 e. The maximum Gasteiger partial charge on any atom is 0.238 e. The van der Waals surface area contributed by atoms with E-state index in [-0.39, 0.29) is 29.8 Å². The number of nitrogens with zero attached hydrogens (tertiary/aromatic N) is 1. The zero-order valence-electron chi connectivity index (χ0n) is 9.93. The first-order valence-electron chi connectivity index (χ1n) is 5.55. The molecule has 1 atom stereocenters. The summed E-state index contributed by atoms with van der Waals surface area (Å²) in [7, 11) is -3.14. The highest BCUT2D eigenvalue weighted by atomic mass is 35.5. The van der Waals surface area contributed by atoms with Crippen LogP contribution in [-0.4, -0.2) is 43.2 Å². The number of rotatable bonds is 2. The Balaban J connectivity index is 2.33. The Bertz CT molecular complexity index is 551. The lowest BCUT2D eigenvalue weighted by molar-refractivity contribution is -0.130. The van der Waals surface area contributed by atoms with Crippen LogP contribution < -0.4 is 0 Å². The Hall–Kier alpha value is -1.01. The monoisotopic (exact) mass is 291 g/mol. The highest BCUT2D eigenvalue weighted by Gasteiger charge is 2.36. The normalized spacial score (nSPS) is 23.0. The molecule has 0 aliphatic carbocycles. The van der Waals surface area contributed by atoms with Crippen molar-refractivity contribution in [2.45, 2.75) is 13.0 Å². The van der Waals surface area contributed by atoms with Gasteiger partial charge in [0.05, 0.1) is 11.5 Å². The van der Waals surface area contributed by atoms with Gasteiger partial charge in [-0.2, -0.15) is 0 Å². The summed E-state index contributed by atoms with van der Waals surface area (Å²) in [5.41, 5.74) is 0. The Labute approximate surface area is 111 Å². The summed E-state index contributed by atoms with van der Waals surface area (Å²) in [6, 6.07) is 2.89. The quantitative estimate of drug-likeness (QED) is 0.766. The molecule has 2 rings (SSSR count). The molecule has 0 aromatic carbocycles. The predicted molar refractivity (Wildman–Crippen MR) is 67.3 cm³/mol. The van der Waals surface area contributed by atoms with E-state index in [1.807, 2.05) is 0 Å². The van der Waals surface area contributed by atoms with Gasteiger partial charge in [-0.3, -0.25) is 4.79 Å². The molecular weight excluding hydrogens is 278 g/mol. The Kier molecular flexibility index (Phi) is 3.68. The number of halogens is 1. The van der Waals surface area contributed by atoms with E-state index in [1.165, 1.54) is 4.90 Å². The van der Waals surface area contributed by atoms with Crippen LogP contribution in [0.5, 0.6) is 0 Å². The van der Waals surface area contributed by atoms with Crippen molar-refractivity contribution in [3.05, 3.63) is 23.7 Å². The molecule has 1 unspecified atom stereocenters. The van der Waals surface area contributed by atoms with E-state index in [2.05, 4.69) is 0 Å². The van der Waals surface area contributed by atoms with Crippen molar-refractivity contribution in [1.82, 2.24) is 4.90 Å². The third-order valence-electron chi connectivity index (χ3n) is 2.96. The number of alkyl halides is 1. The van der Waals surface area contributed by atoms with Crippen molar-refractivity contribution in [3.63, 3.8) is 0 Å². The summed E-state index contributed by atoms with van der Waals surface area (Å²) >= 11 is 5.54. The molecule has 18 heavy (non-hydrogen) atoms. The van der Waals surface area contributed by atoms with Gasteiger partial charge < -0.3 is 9.32 Å². The van der Waals surface area contributed by atoms with E-state index >= 15 is 0 Å². The lowest BCUT2D eigenvalue weighted by atomic mass is 10.2. The summed E-state index contributed by atoms with van der Waals surface area (Å²) in [5, 5.41) is 0. The first-order valence-corrected chi connectivity index (χ1v) is 7.91. The maximum absolute atomic E-state index is 11.7. The SMILES string of the molecule is Cc1ccc(C2CS(=O)(=O)CCN2C(=O)CCl)o1. The number of carbonyl (C=O) groups excluding carboxylic acids is 1. The van der Waals surface area contributed by atoms with E-state index in [0.717, 1.165) is 0 Å². The van der Waals surface area contributed by atoms with E-state index in [0.29, 0.717) is 11.5 Å². The van der Waals surface area contributed by atoms with Crippen LogP contribution in [0.3, 0.4) is 0 Å². The minimum absolute atomic E-state index is 0.0220. The summed E-state index contributed by atoms with van der Waals surface area (Å²) in [5.74, 6) is 0.621. The topological polar surface area (TPSA) is 67.6 Å². The summed E-state index contributed by atoms with van der Waals surface area (Å²) < 4.78 is 28.8. The number of furan rings is 1. The fourth-order valence-corrected chi connectivity index (χ4v) is 3.67. The molecule has 5 nitrogen and oxygen atoms in total. The molecule has 1 amide bonds. The number of aryl methyl sites for hydroxylation is 1. The number of hydrogen-bond donors (Lipinski definition) is 0. The molecule has 1 fully saturated rings. The summed E-state index contributed by atoms with van der Waals surface area (Å²) in [6.45, 7) is 1.94. The molecule has 1 saturated heterocycles. The zero-order chi connectivity index (χ0) is 13.3. The van der Waals surface area contributed by atoms with E-state index in [4.69, 9.17) is 16.0 Å². The fourth-order valence-electron chi connectivity index (χ4n) is 2.05. The molecule has 1 aliphatic rings. The van der Waals surface area contributed by atoms with Crippen molar-refractivity contribution in [2.75, 3.05) is 23.9 Å². The minimum Gasteiger partial charge on any atom is -0.464 e. The van der Waals surface area contributed by atoms with Gasteiger partial charge in [-0.05, 0) is 19.1 Å². The third kappa shape index (κ3) is 2.70. The molecule has 0 N–H and O–H groups in total. The van der Waals surface area contributed by atoms with Crippen LogP contribution in [0.25, 0.3) is 0 Å². The van der Waals surface area contributed by atoms with Crippen LogP contribution in [0.2, 0.25) is 0 Å². The second kappa shape index (κ2) is 4.93. The average molecular weight is 292 g/mol. The van der Waals surface area contributed by atoms with Crippen LogP contribution in [-0.2, 0) is 14.6 Å². The maximum atomic E-state index is 11.7. The molecule has 100 valence electrons. The predicted octanol–water partition coefficient (Wildman–Crippen LogP) is 1.12. The van der Waals surface area contributed by atoms with Crippen LogP contribution in [0, 0.1) is 6.92 Å². The molecule has 1 aliphatic heterocycles. The van der Waals surface area contributed by atoms with Gasteiger partial charge in [-0.1, -0.05) is 0 Å². The molecule has 2 heterocycles. The van der Waals surface area contributed by atoms with E-state index in [9.17, 15) is 13.2 Å². The van der Waals surface area contributed by atoms with Crippen molar-refractivity contribution in [2.24, 2.45) is 0 Å². The molecule has 0 bridgehead atoms. The first kappa shape index (κ1) is 13.4. The van der Waals surface area contributed by atoms with Crippen molar-refractivity contribution in [1.29, 1.82) is 0 Å². The van der Waals surface area contributed by atoms with Gasteiger partial charge in [0.1, 0.15) is 23.4 Å². The van der Waals surface area contributed by atoms with Crippen LogP contribution >= 0.6 is 11.6 Å². The lowest BCUT2D eigenvalue weighted by Gasteiger charge is -2.33. The number of sulfone groups is 1. The second-order valence-electron chi connectivity index (χ2n) is 4.30. The number of carbonyl (C=O) groups is 1. The summed E-state index contributed by atoms with van der Waals surface area (Å²) in [4.78, 5) is 13.2. The molecule has 0 spiro atoms. The standard InChI is InChI=1S/C11H14ClNO4S/c1-8-2-3-10(17-8)9-7-18(15,16)5-4-13(9)11(14)6-12/h2-3,9H,4-7H2,1H3. The molecule has 0 radical (unpaired) electrons. The first-order chi connectivity index (χ1) is 8.43. The van der Waals surface area contributed by atoms with Gasteiger partial charge in [0.2, 0.25) is 5.91 Å². The van der Waals surface area contributed by atoms with E-state index < -0.39 is 15.9 Å². The zero-order valence-corrected chi connectivity index (χ0v) is 11.5. The number of hydrogen-bond acceptors (Lipinski definition) is 4. The van der Waals surface area contributed by atoms with Crippen molar-refractivity contribution in [3.8, 4) is 0 Å². The molecule has 7 heteroatoms. The van der Waals surface area contributed by atoms with Gasteiger partial charge in [-0.25, -0.2) is 8.42 Å². The lowest BCUT2D eigenvalue weighted by Crippen LogP contribution is -2.46. The van der Waals surface area contributed by atoms with Crippen molar-refractivity contribution < 1.29 is 17.6 Å².